The number of nitrogens with zero attached hydrogens (tertiary/aromatic N) is 5. The summed E-state index contributed by atoms with van der Waals surface area (Å²) >= 11 is 6.15. The van der Waals surface area contributed by atoms with Gasteiger partial charge in [0.25, 0.3) is 0 Å². The van der Waals surface area contributed by atoms with Crippen LogP contribution in [0.4, 0.5) is 0 Å². The van der Waals surface area contributed by atoms with Crippen LogP contribution in [0.1, 0.15) is 44.3 Å². The van der Waals surface area contributed by atoms with Gasteiger partial charge < -0.3 is 15.2 Å². The van der Waals surface area contributed by atoms with Crippen molar-refractivity contribution in [3.8, 4) is 0 Å². The number of nitrogens with one attached hydrogen (secondary N) is 2. The molecule has 2 fully saturated rings. The van der Waals surface area contributed by atoms with E-state index in [1.165, 1.54) is 0 Å². The number of likely N-dealkylation sites (tertiary alicyclic amines) is 1. The molecule has 0 aliphatic carbocycles. The fourth-order valence-electron chi connectivity index (χ4n) is 5.14. The molecule has 0 spiro atoms. The molecule has 3 aromatic heterocycles. The van der Waals surface area contributed by atoms with Gasteiger partial charge in [-0.25, -0.2) is 9.97 Å². The zero-order valence-corrected chi connectivity index (χ0v) is 17.8. The summed E-state index contributed by atoms with van der Waals surface area (Å²) in [5.74, 6) is 0.157. The number of fused-ring (bicyclic) bond motifs is 1. The van der Waals surface area contributed by atoms with Crippen LogP contribution >= 0.6 is 11.6 Å². The number of hydrogen-bond donors (Lipinski definition) is 2. The molecule has 158 valence electrons. The van der Waals surface area contributed by atoms with Crippen LogP contribution in [0.25, 0.3) is 11.2 Å². The smallest absolute Gasteiger partial charge is 0.236 e. The number of halogens is 1. The van der Waals surface area contributed by atoms with E-state index < -0.39 is 5.41 Å². The number of pyridine rings is 1. The molecule has 2 N–H and O–H groups in total. The molecular formula is C21H26ClN7O. The number of rotatable bonds is 4. The number of aromatic amines is 1. The third-order valence-corrected chi connectivity index (χ3v) is 6.82. The average molecular weight is 428 g/mol. The summed E-state index contributed by atoms with van der Waals surface area (Å²) in [4.78, 5) is 28.4. The molecule has 2 saturated heterocycles. The first-order valence-electron chi connectivity index (χ1n) is 10.6. The summed E-state index contributed by atoms with van der Waals surface area (Å²) in [5.41, 5.74) is 1.50. The zero-order valence-electron chi connectivity index (χ0n) is 17.0. The number of carbonyl (C=O) groups excluding carboxylic acids is 1. The third kappa shape index (κ3) is 3.09. The molecule has 5 rings (SSSR count). The van der Waals surface area contributed by atoms with Crippen LogP contribution in [-0.2, 0) is 10.2 Å². The lowest BCUT2D eigenvalue weighted by molar-refractivity contribution is -0.139. The zero-order chi connectivity index (χ0) is 20.7. The lowest BCUT2D eigenvalue weighted by Gasteiger charge is -2.47. The second kappa shape index (κ2) is 7.67. The van der Waals surface area contributed by atoms with E-state index in [0.29, 0.717) is 10.7 Å². The van der Waals surface area contributed by atoms with Gasteiger partial charge >= 0.3 is 0 Å². The molecule has 0 saturated carbocycles. The Labute approximate surface area is 180 Å². The molecule has 9 heteroatoms. The number of aromatic nitrogens is 5. The molecule has 2 unspecified atom stereocenters. The Morgan fingerprint density at radius 1 is 1.30 bits per heavy atom. The average Bonchev–Trinajstić information content (AvgIpc) is 3.53. The van der Waals surface area contributed by atoms with Gasteiger partial charge in [0.2, 0.25) is 5.91 Å². The van der Waals surface area contributed by atoms with Crippen LogP contribution in [0.3, 0.4) is 0 Å². The second-order valence-electron chi connectivity index (χ2n) is 8.36. The van der Waals surface area contributed by atoms with E-state index in [1.54, 1.807) is 12.5 Å². The minimum absolute atomic E-state index is 0.0824. The first-order chi connectivity index (χ1) is 14.6. The maximum Gasteiger partial charge on any atom is 0.236 e. The molecule has 0 bridgehead atoms. The summed E-state index contributed by atoms with van der Waals surface area (Å²) in [6.07, 6.45) is 8.84. The number of carbonyl (C=O) groups is 1. The summed E-state index contributed by atoms with van der Waals surface area (Å²) in [7, 11) is 0. The van der Waals surface area contributed by atoms with E-state index in [9.17, 15) is 4.79 Å². The van der Waals surface area contributed by atoms with Crippen molar-refractivity contribution in [2.75, 3.05) is 19.6 Å². The van der Waals surface area contributed by atoms with Crippen LogP contribution < -0.4 is 5.32 Å². The molecular weight excluding hydrogens is 402 g/mol. The Kier molecular flexibility index (Phi) is 4.99. The second-order valence-corrected chi connectivity index (χ2v) is 8.79. The Morgan fingerprint density at radius 2 is 2.13 bits per heavy atom. The van der Waals surface area contributed by atoms with Crippen LogP contribution in [0.5, 0.6) is 0 Å². The number of piperidine rings is 1. The molecule has 2 aliphatic rings. The lowest BCUT2D eigenvalue weighted by atomic mass is 9.67. The number of amides is 1. The van der Waals surface area contributed by atoms with Crippen molar-refractivity contribution in [2.24, 2.45) is 0 Å². The van der Waals surface area contributed by atoms with Gasteiger partial charge in [0.15, 0.2) is 5.65 Å². The monoisotopic (exact) mass is 427 g/mol. The normalized spacial score (nSPS) is 25.7. The molecule has 3 atom stereocenters. The Bertz CT molecular complexity index is 1060. The van der Waals surface area contributed by atoms with E-state index in [0.717, 1.165) is 56.5 Å². The SMILES string of the molecule is C[C@@H](C1NCCCC1(C(=O)N1CCCC1)c1ccc2[nH]cnc2n1)n1cc(Cl)cn1. The summed E-state index contributed by atoms with van der Waals surface area (Å²) in [6.45, 7) is 4.55. The molecule has 30 heavy (non-hydrogen) atoms. The van der Waals surface area contributed by atoms with E-state index in [4.69, 9.17) is 16.6 Å². The van der Waals surface area contributed by atoms with Gasteiger partial charge in [-0.05, 0) is 51.3 Å². The van der Waals surface area contributed by atoms with E-state index in [2.05, 4.69) is 27.3 Å². The number of imidazole rings is 1. The summed E-state index contributed by atoms with van der Waals surface area (Å²) < 4.78 is 1.85. The molecule has 2 aliphatic heterocycles. The molecule has 0 radical (unpaired) electrons. The fraction of sp³-hybridized carbons (Fsp3) is 0.524. The third-order valence-electron chi connectivity index (χ3n) is 6.63. The van der Waals surface area contributed by atoms with E-state index in [-0.39, 0.29) is 18.0 Å². The van der Waals surface area contributed by atoms with Crippen molar-refractivity contribution >= 4 is 28.7 Å². The van der Waals surface area contributed by atoms with Crippen LogP contribution in [0.2, 0.25) is 5.02 Å². The van der Waals surface area contributed by atoms with Crippen molar-refractivity contribution < 1.29 is 4.79 Å². The van der Waals surface area contributed by atoms with Crippen molar-refractivity contribution in [1.29, 1.82) is 0 Å². The highest BCUT2D eigenvalue weighted by atomic mass is 35.5. The van der Waals surface area contributed by atoms with Gasteiger partial charge in [-0.3, -0.25) is 9.48 Å². The van der Waals surface area contributed by atoms with Crippen molar-refractivity contribution in [2.45, 2.75) is 50.1 Å². The van der Waals surface area contributed by atoms with Crippen LogP contribution in [0, 0.1) is 0 Å². The van der Waals surface area contributed by atoms with Crippen molar-refractivity contribution in [3.63, 3.8) is 0 Å². The predicted octanol–water partition coefficient (Wildman–Crippen LogP) is 2.68. The summed E-state index contributed by atoms with van der Waals surface area (Å²) in [5, 5.41) is 8.66. The Morgan fingerprint density at radius 3 is 2.90 bits per heavy atom. The largest absolute Gasteiger partial charge is 0.343 e. The predicted molar refractivity (Wildman–Crippen MR) is 114 cm³/mol. The van der Waals surface area contributed by atoms with Crippen LogP contribution in [-0.4, -0.2) is 61.2 Å². The van der Waals surface area contributed by atoms with Gasteiger partial charge in [0, 0.05) is 25.3 Å². The number of hydrogen-bond acceptors (Lipinski definition) is 5. The quantitative estimate of drug-likeness (QED) is 0.667. The standard InChI is InChI=1S/C21H26ClN7O/c1-14(29-12-15(22)11-26-29)18-21(7-4-8-23-18,20(30)28-9-2-3-10-28)17-6-5-16-19(27-17)25-13-24-16/h5-6,11-14,18,23H,2-4,7-10H2,1H3,(H,24,25,27)/t14-,18?,21?/m0/s1. The summed E-state index contributed by atoms with van der Waals surface area (Å²) in [6, 6.07) is 3.71. The van der Waals surface area contributed by atoms with Crippen molar-refractivity contribution in [1.82, 2.24) is 34.9 Å². The minimum atomic E-state index is -0.784. The van der Waals surface area contributed by atoms with Gasteiger partial charge in [0.05, 0.1) is 34.8 Å². The van der Waals surface area contributed by atoms with Gasteiger partial charge in [-0.1, -0.05) is 11.6 Å². The first-order valence-corrected chi connectivity index (χ1v) is 11.0. The van der Waals surface area contributed by atoms with E-state index >= 15 is 0 Å². The molecule has 1 amide bonds. The topological polar surface area (TPSA) is 91.7 Å². The first kappa shape index (κ1) is 19.5. The molecule has 8 nitrogen and oxygen atoms in total. The Balaban J connectivity index is 1.65. The number of H-pyrrole nitrogens is 1. The highest BCUT2D eigenvalue weighted by Gasteiger charge is 2.54. The maximum atomic E-state index is 14.1. The van der Waals surface area contributed by atoms with E-state index in [1.807, 2.05) is 27.9 Å². The minimum Gasteiger partial charge on any atom is -0.343 e. The van der Waals surface area contributed by atoms with Gasteiger partial charge in [-0.2, -0.15) is 5.10 Å². The van der Waals surface area contributed by atoms with Gasteiger partial charge in [-0.15, -0.1) is 0 Å². The highest BCUT2D eigenvalue weighted by Crippen LogP contribution is 2.42. The Hall–Kier alpha value is -2.45. The fourth-order valence-corrected chi connectivity index (χ4v) is 5.28. The van der Waals surface area contributed by atoms with Gasteiger partial charge in [0.1, 0.15) is 5.41 Å². The van der Waals surface area contributed by atoms with Crippen LogP contribution in [0.15, 0.2) is 30.9 Å². The lowest BCUT2D eigenvalue weighted by Crippen LogP contribution is -2.63. The maximum absolute atomic E-state index is 14.1. The van der Waals surface area contributed by atoms with Crippen molar-refractivity contribution in [3.05, 3.63) is 41.6 Å². The molecule has 5 heterocycles. The molecule has 3 aromatic rings. The molecule has 0 aromatic carbocycles. The highest BCUT2D eigenvalue weighted by molar-refractivity contribution is 6.30.